The standard InChI is InChI=1S/C10H25NO5Si.C6H16O2SSi/c1-14-17(15-2,9-3-6-11)16-10(4-7-12)5-8-13;1-7-10(3,8-2)6-4-5-9/h10,12-13H,3-9,11H2,1-2H3;9H,4-6H2,1-3H3. The van der Waals surface area contributed by atoms with Crippen molar-refractivity contribution >= 4 is 30.0 Å². The summed E-state index contributed by atoms with van der Waals surface area (Å²) in [6, 6.07) is 1.67. The number of aliphatic hydroxyl groups is 2. The van der Waals surface area contributed by atoms with Crippen LogP contribution < -0.4 is 5.73 Å². The summed E-state index contributed by atoms with van der Waals surface area (Å²) in [5.41, 5.74) is 5.47. The van der Waals surface area contributed by atoms with Crippen LogP contribution in [-0.2, 0) is 22.1 Å². The van der Waals surface area contributed by atoms with Gasteiger partial charge in [-0.2, -0.15) is 12.6 Å². The van der Waals surface area contributed by atoms with Crippen LogP contribution in [0.15, 0.2) is 0 Å². The largest absolute Gasteiger partial charge is 0.500 e. The summed E-state index contributed by atoms with van der Waals surface area (Å²) in [7, 11) is 2.08. The molecule has 0 fully saturated rings. The van der Waals surface area contributed by atoms with Gasteiger partial charge in [0.05, 0.1) is 6.10 Å². The lowest BCUT2D eigenvalue weighted by Crippen LogP contribution is -2.47. The molecule has 0 radical (unpaired) electrons. The third-order valence-electron chi connectivity index (χ3n) is 4.21. The molecule has 27 heavy (non-hydrogen) atoms. The first-order valence-corrected chi connectivity index (χ1v) is 14.4. The molecule has 0 saturated heterocycles. The Labute approximate surface area is 172 Å². The molecule has 0 spiro atoms. The Bertz CT molecular complexity index is 319. The summed E-state index contributed by atoms with van der Waals surface area (Å²) >= 11 is 4.12. The molecule has 8 nitrogen and oxygen atoms in total. The molecule has 0 aromatic rings. The Balaban J connectivity index is 0. The number of nitrogens with two attached hydrogens (primary N) is 1. The molecule has 0 aliphatic carbocycles. The monoisotopic (exact) mass is 447 g/mol. The van der Waals surface area contributed by atoms with E-state index < -0.39 is 17.4 Å². The van der Waals surface area contributed by atoms with Crippen LogP contribution >= 0.6 is 12.6 Å². The Morgan fingerprint density at radius 2 is 1.41 bits per heavy atom. The maximum atomic E-state index is 8.93. The minimum absolute atomic E-state index is 0.0134. The number of hydrogen-bond donors (Lipinski definition) is 4. The molecular formula is C16H41NO7SSi2. The van der Waals surface area contributed by atoms with Crippen molar-refractivity contribution in [3.8, 4) is 0 Å². The van der Waals surface area contributed by atoms with E-state index in [9.17, 15) is 0 Å². The van der Waals surface area contributed by atoms with E-state index in [1.807, 2.05) is 0 Å². The zero-order chi connectivity index (χ0) is 21.2. The van der Waals surface area contributed by atoms with E-state index in [4.69, 9.17) is 38.1 Å². The lowest BCUT2D eigenvalue weighted by molar-refractivity contribution is 0.0314. The molecule has 0 rings (SSSR count). The summed E-state index contributed by atoms with van der Waals surface area (Å²) in [6.07, 6.45) is 2.52. The molecule has 0 aliphatic rings. The molecule has 0 aromatic heterocycles. The van der Waals surface area contributed by atoms with E-state index in [0.717, 1.165) is 24.6 Å². The van der Waals surface area contributed by atoms with Crippen molar-refractivity contribution in [1.29, 1.82) is 0 Å². The zero-order valence-corrected chi connectivity index (χ0v) is 20.5. The topological polar surface area (TPSA) is 113 Å². The van der Waals surface area contributed by atoms with Gasteiger partial charge in [-0.25, -0.2) is 0 Å². The van der Waals surface area contributed by atoms with Crippen LogP contribution in [0.5, 0.6) is 0 Å². The van der Waals surface area contributed by atoms with Crippen LogP contribution in [0.1, 0.15) is 25.7 Å². The first-order chi connectivity index (χ1) is 12.9. The minimum atomic E-state index is -2.70. The normalized spacial score (nSPS) is 12.2. The van der Waals surface area contributed by atoms with Crippen LogP contribution in [0.4, 0.5) is 0 Å². The fraction of sp³-hybridized carbons (Fsp3) is 1.00. The maximum absolute atomic E-state index is 8.93. The van der Waals surface area contributed by atoms with Crippen molar-refractivity contribution < 1.29 is 32.3 Å². The maximum Gasteiger partial charge on any atom is 0.500 e. The van der Waals surface area contributed by atoms with Crippen LogP contribution in [0, 0.1) is 0 Å². The smallest absolute Gasteiger partial charge is 0.398 e. The van der Waals surface area contributed by atoms with Crippen molar-refractivity contribution in [3.05, 3.63) is 0 Å². The van der Waals surface area contributed by atoms with Gasteiger partial charge in [-0.3, -0.25) is 0 Å². The van der Waals surface area contributed by atoms with Gasteiger partial charge in [0.25, 0.3) is 0 Å². The summed E-state index contributed by atoms with van der Waals surface area (Å²) in [6.45, 7) is 2.64. The zero-order valence-electron chi connectivity index (χ0n) is 17.6. The van der Waals surface area contributed by atoms with E-state index in [1.165, 1.54) is 0 Å². The molecule has 4 N–H and O–H groups in total. The Hall–Kier alpha value is 0.464. The van der Waals surface area contributed by atoms with Gasteiger partial charge in [0, 0.05) is 47.7 Å². The highest BCUT2D eigenvalue weighted by Gasteiger charge is 2.40. The highest BCUT2D eigenvalue weighted by Crippen LogP contribution is 2.20. The van der Waals surface area contributed by atoms with E-state index in [2.05, 4.69) is 19.2 Å². The molecule has 0 amide bonds. The van der Waals surface area contributed by atoms with E-state index >= 15 is 0 Å². The molecular weight excluding hydrogens is 406 g/mol. The number of rotatable bonds is 16. The Kier molecular flexibility index (Phi) is 20.3. The van der Waals surface area contributed by atoms with Crippen LogP contribution in [0.2, 0.25) is 18.6 Å². The summed E-state index contributed by atoms with van der Waals surface area (Å²) in [5, 5.41) is 17.9. The second-order valence-electron chi connectivity index (χ2n) is 6.12. The first-order valence-electron chi connectivity index (χ1n) is 9.27. The van der Waals surface area contributed by atoms with Gasteiger partial charge in [0.15, 0.2) is 0 Å². The molecule has 0 heterocycles. The molecule has 0 bridgehead atoms. The van der Waals surface area contributed by atoms with E-state index in [0.29, 0.717) is 25.4 Å². The van der Waals surface area contributed by atoms with Crippen LogP contribution in [0.3, 0.4) is 0 Å². The van der Waals surface area contributed by atoms with Gasteiger partial charge in [-0.15, -0.1) is 0 Å². The second-order valence-corrected chi connectivity index (χ2v) is 13.1. The predicted octanol–water partition coefficient (Wildman–Crippen LogP) is 1.39. The third-order valence-corrected chi connectivity index (χ3v) is 10.4. The highest BCUT2D eigenvalue weighted by atomic mass is 32.1. The van der Waals surface area contributed by atoms with Gasteiger partial charge in [-0.1, -0.05) is 0 Å². The quantitative estimate of drug-likeness (QED) is 0.207. The Morgan fingerprint density at radius 1 is 0.889 bits per heavy atom. The molecule has 0 atom stereocenters. The van der Waals surface area contributed by atoms with Crippen molar-refractivity contribution in [2.24, 2.45) is 5.73 Å². The average Bonchev–Trinajstić information content (AvgIpc) is 2.70. The second kappa shape index (κ2) is 18.5. The first kappa shape index (κ1) is 29.7. The summed E-state index contributed by atoms with van der Waals surface area (Å²) in [4.78, 5) is 0. The molecule has 0 saturated carbocycles. The predicted molar refractivity (Wildman–Crippen MR) is 115 cm³/mol. The van der Waals surface area contributed by atoms with Crippen LogP contribution in [0.25, 0.3) is 0 Å². The van der Waals surface area contributed by atoms with E-state index in [1.54, 1.807) is 28.4 Å². The van der Waals surface area contributed by atoms with Crippen molar-refractivity contribution in [2.45, 2.75) is 50.4 Å². The van der Waals surface area contributed by atoms with Crippen molar-refractivity contribution in [2.75, 3.05) is 54.0 Å². The highest BCUT2D eigenvalue weighted by molar-refractivity contribution is 7.80. The fourth-order valence-corrected chi connectivity index (χ4v) is 6.37. The molecule has 166 valence electrons. The summed E-state index contributed by atoms with van der Waals surface area (Å²) in [5.74, 6) is 0.912. The molecule has 0 unspecified atom stereocenters. The van der Waals surface area contributed by atoms with Crippen molar-refractivity contribution in [1.82, 2.24) is 0 Å². The van der Waals surface area contributed by atoms with Gasteiger partial charge in [0.2, 0.25) is 0 Å². The lowest BCUT2D eigenvalue weighted by Gasteiger charge is -2.30. The minimum Gasteiger partial charge on any atom is -0.398 e. The van der Waals surface area contributed by atoms with Gasteiger partial charge >= 0.3 is 17.4 Å². The lowest BCUT2D eigenvalue weighted by atomic mass is 10.2. The number of thiol groups is 1. The SMILES string of the molecule is CO[Si](C)(CCCS)OC.CO[Si](CCCN)(OC)OC(CCO)CCO. The van der Waals surface area contributed by atoms with Gasteiger partial charge < -0.3 is 38.1 Å². The van der Waals surface area contributed by atoms with Gasteiger partial charge in [0.1, 0.15) is 0 Å². The molecule has 0 aliphatic heterocycles. The third kappa shape index (κ3) is 14.1. The Morgan fingerprint density at radius 3 is 1.74 bits per heavy atom. The fourth-order valence-electron chi connectivity index (χ4n) is 2.25. The molecule has 0 aromatic carbocycles. The number of aliphatic hydroxyl groups excluding tert-OH is 2. The average molecular weight is 448 g/mol. The number of hydrogen-bond acceptors (Lipinski definition) is 9. The van der Waals surface area contributed by atoms with E-state index in [-0.39, 0.29) is 19.3 Å². The van der Waals surface area contributed by atoms with Crippen molar-refractivity contribution in [3.63, 3.8) is 0 Å². The summed E-state index contributed by atoms with van der Waals surface area (Å²) < 4.78 is 27.2. The van der Waals surface area contributed by atoms with Crippen LogP contribution in [-0.4, -0.2) is 87.6 Å². The van der Waals surface area contributed by atoms with Gasteiger partial charge in [-0.05, 0) is 50.6 Å². The molecule has 11 heteroatoms.